The van der Waals surface area contributed by atoms with Gasteiger partial charge in [-0.05, 0) is 31.2 Å². The molecular weight excluding hydrogens is 258 g/mol. The Balaban J connectivity index is 2.57. The summed E-state index contributed by atoms with van der Waals surface area (Å²) in [5.41, 5.74) is 6.65. The van der Waals surface area contributed by atoms with E-state index in [2.05, 4.69) is 10.6 Å². The van der Waals surface area contributed by atoms with Crippen LogP contribution in [0.5, 0.6) is 0 Å². The molecule has 6 heteroatoms. The lowest BCUT2D eigenvalue weighted by atomic mass is 10.2. The van der Waals surface area contributed by atoms with Crippen molar-refractivity contribution < 1.29 is 14.3 Å². The first-order valence-corrected chi connectivity index (χ1v) is 6.51. The molecular formula is C14H21N3O3. The molecule has 0 heterocycles. The number of benzene rings is 1. The SMILES string of the molecule is CCNC(=O)c1ccc(NC(=O)CC(CN)OC)cc1. The van der Waals surface area contributed by atoms with Gasteiger partial charge in [-0.1, -0.05) is 0 Å². The zero-order valence-corrected chi connectivity index (χ0v) is 11.8. The Morgan fingerprint density at radius 1 is 1.30 bits per heavy atom. The van der Waals surface area contributed by atoms with Gasteiger partial charge in [0.05, 0.1) is 12.5 Å². The van der Waals surface area contributed by atoms with Crippen molar-refractivity contribution in [1.29, 1.82) is 0 Å². The lowest BCUT2D eigenvalue weighted by Crippen LogP contribution is -2.28. The van der Waals surface area contributed by atoms with Crippen molar-refractivity contribution in [3.05, 3.63) is 29.8 Å². The van der Waals surface area contributed by atoms with Crippen LogP contribution in [0, 0.1) is 0 Å². The van der Waals surface area contributed by atoms with E-state index >= 15 is 0 Å². The lowest BCUT2D eigenvalue weighted by Gasteiger charge is -2.12. The van der Waals surface area contributed by atoms with Crippen molar-refractivity contribution in [2.75, 3.05) is 25.5 Å². The number of carbonyl (C=O) groups is 2. The van der Waals surface area contributed by atoms with Crippen molar-refractivity contribution in [3.8, 4) is 0 Å². The third kappa shape index (κ3) is 4.99. The molecule has 0 saturated carbocycles. The Kier molecular flexibility index (Phi) is 6.69. The Hall–Kier alpha value is -1.92. The van der Waals surface area contributed by atoms with Crippen molar-refractivity contribution in [2.24, 2.45) is 5.73 Å². The standard InChI is InChI=1S/C14H21N3O3/c1-3-16-14(19)10-4-6-11(7-5-10)17-13(18)8-12(9-15)20-2/h4-7,12H,3,8-9,15H2,1-2H3,(H,16,19)(H,17,18). The fraction of sp³-hybridized carbons (Fsp3) is 0.429. The lowest BCUT2D eigenvalue weighted by molar-refractivity contribution is -0.118. The van der Waals surface area contributed by atoms with Crippen molar-refractivity contribution in [1.82, 2.24) is 5.32 Å². The smallest absolute Gasteiger partial charge is 0.251 e. The van der Waals surface area contributed by atoms with E-state index in [1.54, 1.807) is 24.3 Å². The minimum Gasteiger partial charge on any atom is -0.380 e. The van der Waals surface area contributed by atoms with Gasteiger partial charge >= 0.3 is 0 Å². The number of amides is 2. The Labute approximate surface area is 118 Å². The first-order valence-electron chi connectivity index (χ1n) is 6.51. The Morgan fingerprint density at radius 3 is 2.45 bits per heavy atom. The van der Waals surface area contributed by atoms with Crippen LogP contribution in [0.4, 0.5) is 5.69 Å². The van der Waals surface area contributed by atoms with Crippen molar-refractivity contribution >= 4 is 17.5 Å². The van der Waals surface area contributed by atoms with Gasteiger partial charge in [-0.2, -0.15) is 0 Å². The molecule has 4 N–H and O–H groups in total. The number of ether oxygens (including phenoxy) is 1. The molecule has 0 aliphatic rings. The average Bonchev–Trinajstić information content (AvgIpc) is 2.45. The summed E-state index contributed by atoms with van der Waals surface area (Å²) in [6, 6.07) is 6.70. The van der Waals surface area contributed by atoms with E-state index in [1.807, 2.05) is 6.92 Å². The van der Waals surface area contributed by atoms with Crippen LogP contribution in [0.2, 0.25) is 0 Å². The highest BCUT2D eigenvalue weighted by Crippen LogP contribution is 2.10. The average molecular weight is 279 g/mol. The summed E-state index contributed by atoms with van der Waals surface area (Å²) in [6.45, 7) is 2.73. The number of rotatable bonds is 7. The summed E-state index contributed by atoms with van der Waals surface area (Å²) in [4.78, 5) is 23.3. The minimum atomic E-state index is -0.287. The topological polar surface area (TPSA) is 93.5 Å². The normalized spacial score (nSPS) is 11.8. The Morgan fingerprint density at radius 2 is 1.95 bits per heavy atom. The molecule has 0 saturated heterocycles. The fourth-order valence-corrected chi connectivity index (χ4v) is 1.65. The number of methoxy groups -OCH3 is 1. The van der Waals surface area contributed by atoms with Crippen LogP contribution in [-0.4, -0.2) is 38.1 Å². The second-order valence-electron chi connectivity index (χ2n) is 4.28. The molecule has 1 aromatic carbocycles. The summed E-state index contributed by atoms with van der Waals surface area (Å²) in [5.74, 6) is -0.305. The second-order valence-corrected chi connectivity index (χ2v) is 4.28. The highest BCUT2D eigenvalue weighted by Gasteiger charge is 2.11. The number of hydrogen-bond donors (Lipinski definition) is 3. The summed E-state index contributed by atoms with van der Waals surface area (Å²) >= 11 is 0. The van der Waals surface area contributed by atoms with Crippen LogP contribution < -0.4 is 16.4 Å². The molecule has 0 aromatic heterocycles. The molecule has 0 aliphatic heterocycles. The maximum atomic E-state index is 11.7. The van der Waals surface area contributed by atoms with E-state index in [9.17, 15) is 9.59 Å². The fourth-order valence-electron chi connectivity index (χ4n) is 1.65. The predicted molar refractivity (Wildman–Crippen MR) is 77.5 cm³/mol. The molecule has 2 amide bonds. The van der Waals surface area contributed by atoms with E-state index in [4.69, 9.17) is 10.5 Å². The molecule has 0 bridgehead atoms. The van der Waals surface area contributed by atoms with Gasteiger partial charge in [0.2, 0.25) is 5.91 Å². The molecule has 1 rings (SSSR count). The van der Waals surface area contributed by atoms with Gasteiger partial charge in [-0.15, -0.1) is 0 Å². The van der Waals surface area contributed by atoms with Crippen LogP contribution in [0.25, 0.3) is 0 Å². The van der Waals surface area contributed by atoms with Crippen LogP contribution in [0.15, 0.2) is 24.3 Å². The van der Waals surface area contributed by atoms with Crippen molar-refractivity contribution in [2.45, 2.75) is 19.4 Å². The molecule has 0 radical (unpaired) electrons. The predicted octanol–water partition coefficient (Wildman–Crippen LogP) is 0.739. The molecule has 0 fully saturated rings. The number of carbonyl (C=O) groups excluding carboxylic acids is 2. The molecule has 0 spiro atoms. The van der Waals surface area contributed by atoms with E-state index < -0.39 is 0 Å². The van der Waals surface area contributed by atoms with E-state index in [0.29, 0.717) is 24.3 Å². The maximum absolute atomic E-state index is 11.7. The number of hydrogen-bond acceptors (Lipinski definition) is 4. The van der Waals surface area contributed by atoms with Gasteiger partial charge in [-0.3, -0.25) is 9.59 Å². The summed E-state index contributed by atoms with van der Waals surface area (Å²) < 4.78 is 5.05. The summed E-state index contributed by atoms with van der Waals surface area (Å²) in [7, 11) is 1.52. The van der Waals surface area contributed by atoms with Crippen LogP contribution in [0.1, 0.15) is 23.7 Å². The highest BCUT2D eigenvalue weighted by atomic mass is 16.5. The zero-order chi connectivity index (χ0) is 15.0. The van der Waals surface area contributed by atoms with Crippen LogP contribution in [0.3, 0.4) is 0 Å². The Bertz CT molecular complexity index is 441. The molecule has 20 heavy (non-hydrogen) atoms. The summed E-state index contributed by atoms with van der Waals surface area (Å²) in [6.07, 6.45) is -0.0879. The molecule has 6 nitrogen and oxygen atoms in total. The molecule has 0 aliphatic carbocycles. The maximum Gasteiger partial charge on any atom is 0.251 e. The minimum absolute atomic E-state index is 0.132. The van der Waals surface area contributed by atoms with Gasteiger partial charge in [0, 0.05) is 31.5 Å². The van der Waals surface area contributed by atoms with Gasteiger partial charge in [0.1, 0.15) is 0 Å². The van der Waals surface area contributed by atoms with Crippen LogP contribution in [-0.2, 0) is 9.53 Å². The number of nitrogens with one attached hydrogen (secondary N) is 2. The largest absolute Gasteiger partial charge is 0.380 e. The van der Waals surface area contributed by atoms with E-state index in [-0.39, 0.29) is 24.3 Å². The quantitative estimate of drug-likeness (QED) is 0.686. The first-order chi connectivity index (χ1) is 9.60. The van der Waals surface area contributed by atoms with Gasteiger partial charge in [0.25, 0.3) is 5.91 Å². The summed E-state index contributed by atoms with van der Waals surface area (Å²) in [5, 5.41) is 5.44. The number of nitrogens with two attached hydrogens (primary N) is 1. The van der Waals surface area contributed by atoms with Crippen molar-refractivity contribution in [3.63, 3.8) is 0 Å². The van der Waals surface area contributed by atoms with Crippen LogP contribution >= 0.6 is 0 Å². The monoisotopic (exact) mass is 279 g/mol. The zero-order valence-electron chi connectivity index (χ0n) is 11.8. The van der Waals surface area contributed by atoms with Gasteiger partial charge in [-0.25, -0.2) is 0 Å². The number of anilines is 1. The molecule has 1 unspecified atom stereocenters. The van der Waals surface area contributed by atoms with E-state index in [0.717, 1.165) is 0 Å². The first kappa shape index (κ1) is 16.1. The molecule has 1 aromatic rings. The second kappa shape index (κ2) is 8.29. The third-order valence-electron chi connectivity index (χ3n) is 2.78. The third-order valence-corrected chi connectivity index (χ3v) is 2.78. The van der Waals surface area contributed by atoms with Gasteiger partial charge < -0.3 is 21.1 Å². The van der Waals surface area contributed by atoms with Gasteiger partial charge in [0.15, 0.2) is 0 Å². The highest BCUT2D eigenvalue weighted by molar-refractivity contribution is 5.95. The molecule has 1 atom stereocenters. The van der Waals surface area contributed by atoms with E-state index in [1.165, 1.54) is 7.11 Å². The molecule has 110 valence electrons.